The van der Waals surface area contributed by atoms with Gasteiger partial charge in [-0.3, -0.25) is 4.90 Å². The highest BCUT2D eigenvalue weighted by molar-refractivity contribution is 4.98. The van der Waals surface area contributed by atoms with E-state index in [9.17, 15) is 0 Å². The van der Waals surface area contributed by atoms with Gasteiger partial charge in [-0.2, -0.15) is 0 Å². The number of hydrogen-bond donors (Lipinski definition) is 0. The smallest absolute Gasteiger partial charge is 0.0965 e. The number of likely N-dealkylation sites (tertiary alicyclic amines) is 1. The Hall–Kier alpha value is -0.700. The second-order valence-corrected chi connectivity index (χ2v) is 7.10. The van der Waals surface area contributed by atoms with Crippen molar-refractivity contribution in [2.45, 2.75) is 46.6 Å². The molecule has 2 saturated heterocycles. The van der Waals surface area contributed by atoms with E-state index < -0.39 is 0 Å². The molecule has 0 saturated carbocycles. The van der Waals surface area contributed by atoms with E-state index >= 15 is 0 Å². The Kier molecular flexibility index (Phi) is 5.36. The standard InChI is InChI=1S/C17H33N3/c1-14(2)17-6-8-19(9-7-17)16(5)20-12-10-18(11-13-20)15(3)4/h14-15,17H,5-13H2,1-4H3. The first kappa shape index (κ1) is 15.7. The average molecular weight is 279 g/mol. The monoisotopic (exact) mass is 279 g/mol. The molecule has 0 spiro atoms. The predicted octanol–water partition coefficient (Wildman–Crippen LogP) is 2.85. The van der Waals surface area contributed by atoms with Gasteiger partial charge >= 0.3 is 0 Å². The number of piperidine rings is 1. The maximum Gasteiger partial charge on any atom is 0.0965 e. The zero-order chi connectivity index (χ0) is 14.7. The van der Waals surface area contributed by atoms with Crippen LogP contribution < -0.4 is 0 Å². The summed E-state index contributed by atoms with van der Waals surface area (Å²) in [6, 6.07) is 0.673. The van der Waals surface area contributed by atoms with Crippen molar-refractivity contribution >= 4 is 0 Å². The van der Waals surface area contributed by atoms with Gasteiger partial charge in [0.1, 0.15) is 0 Å². The van der Waals surface area contributed by atoms with Crippen molar-refractivity contribution in [3.63, 3.8) is 0 Å². The Morgan fingerprint density at radius 1 is 0.850 bits per heavy atom. The number of hydrogen-bond acceptors (Lipinski definition) is 3. The van der Waals surface area contributed by atoms with E-state index in [1.165, 1.54) is 44.8 Å². The van der Waals surface area contributed by atoms with Crippen molar-refractivity contribution in [1.29, 1.82) is 0 Å². The highest BCUT2D eigenvalue weighted by atomic mass is 15.4. The molecule has 2 aliphatic heterocycles. The first-order chi connectivity index (χ1) is 9.49. The van der Waals surface area contributed by atoms with Crippen LogP contribution in [-0.2, 0) is 0 Å². The molecule has 2 rings (SSSR count). The number of piperazine rings is 1. The molecule has 20 heavy (non-hydrogen) atoms. The minimum absolute atomic E-state index is 0.673. The maximum absolute atomic E-state index is 4.38. The third kappa shape index (κ3) is 3.69. The van der Waals surface area contributed by atoms with Gasteiger partial charge in [-0.05, 0) is 38.5 Å². The molecule has 0 atom stereocenters. The zero-order valence-corrected chi connectivity index (χ0v) is 13.9. The third-order valence-electron chi connectivity index (χ3n) is 5.26. The molecule has 0 radical (unpaired) electrons. The van der Waals surface area contributed by atoms with Gasteiger partial charge in [0.2, 0.25) is 0 Å². The van der Waals surface area contributed by atoms with E-state index in [4.69, 9.17) is 0 Å². The molecule has 3 heteroatoms. The molecular formula is C17H33N3. The topological polar surface area (TPSA) is 9.72 Å². The predicted molar refractivity (Wildman–Crippen MR) is 86.6 cm³/mol. The number of rotatable bonds is 4. The first-order valence-electron chi connectivity index (χ1n) is 8.42. The van der Waals surface area contributed by atoms with Crippen molar-refractivity contribution < 1.29 is 0 Å². The van der Waals surface area contributed by atoms with Gasteiger partial charge in [-0.15, -0.1) is 0 Å². The molecule has 2 aliphatic rings. The molecule has 0 aromatic carbocycles. The van der Waals surface area contributed by atoms with Gasteiger partial charge in [-0.1, -0.05) is 20.4 Å². The first-order valence-corrected chi connectivity index (χ1v) is 8.42. The lowest BCUT2D eigenvalue weighted by Crippen LogP contribution is -2.51. The van der Waals surface area contributed by atoms with E-state index in [1.54, 1.807) is 0 Å². The molecule has 0 N–H and O–H groups in total. The average Bonchev–Trinajstić information content (AvgIpc) is 2.46. The second-order valence-electron chi connectivity index (χ2n) is 7.10. The van der Waals surface area contributed by atoms with Crippen molar-refractivity contribution in [1.82, 2.24) is 14.7 Å². The fourth-order valence-electron chi connectivity index (χ4n) is 3.52. The lowest BCUT2D eigenvalue weighted by Gasteiger charge is -2.44. The van der Waals surface area contributed by atoms with E-state index in [-0.39, 0.29) is 0 Å². The Morgan fingerprint density at radius 2 is 1.35 bits per heavy atom. The van der Waals surface area contributed by atoms with Crippen LogP contribution in [0.4, 0.5) is 0 Å². The molecule has 2 fully saturated rings. The summed E-state index contributed by atoms with van der Waals surface area (Å²) >= 11 is 0. The summed E-state index contributed by atoms with van der Waals surface area (Å²) in [6.07, 6.45) is 2.67. The fourth-order valence-corrected chi connectivity index (χ4v) is 3.52. The fraction of sp³-hybridized carbons (Fsp3) is 0.882. The minimum Gasteiger partial charge on any atom is -0.359 e. The summed E-state index contributed by atoms with van der Waals surface area (Å²) in [7, 11) is 0. The third-order valence-corrected chi connectivity index (χ3v) is 5.26. The highest BCUT2D eigenvalue weighted by Crippen LogP contribution is 2.27. The van der Waals surface area contributed by atoms with Crippen LogP contribution in [0.25, 0.3) is 0 Å². The van der Waals surface area contributed by atoms with E-state index in [1.807, 2.05) is 0 Å². The molecule has 0 amide bonds. The van der Waals surface area contributed by atoms with Crippen LogP contribution in [-0.4, -0.2) is 60.0 Å². The summed E-state index contributed by atoms with van der Waals surface area (Å²) in [5.41, 5.74) is 0. The maximum atomic E-state index is 4.38. The Bertz CT molecular complexity index is 278. The molecule has 0 bridgehead atoms. The zero-order valence-electron chi connectivity index (χ0n) is 13.9. The molecule has 116 valence electrons. The van der Waals surface area contributed by atoms with Crippen LogP contribution in [0.2, 0.25) is 0 Å². The normalized spacial score (nSPS) is 22.9. The molecule has 3 nitrogen and oxygen atoms in total. The van der Waals surface area contributed by atoms with E-state index in [0.29, 0.717) is 6.04 Å². The van der Waals surface area contributed by atoms with Gasteiger partial charge in [0.25, 0.3) is 0 Å². The van der Waals surface area contributed by atoms with Gasteiger partial charge < -0.3 is 9.80 Å². The lowest BCUT2D eigenvalue weighted by molar-refractivity contribution is 0.0874. The summed E-state index contributed by atoms with van der Waals surface area (Å²) in [5, 5.41) is 0. The minimum atomic E-state index is 0.673. The van der Waals surface area contributed by atoms with Gasteiger partial charge in [0.05, 0.1) is 5.82 Å². The van der Waals surface area contributed by atoms with Gasteiger partial charge in [0, 0.05) is 45.3 Å². The Balaban J connectivity index is 1.79. The lowest BCUT2D eigenvalue weighted by atomic mass is 9.87. The molecule has 0 aliphatic carbocycles. The van der Waals surface area contributed by atoms with Crippen LogP contribution >= 0.6 is 0 Å². The highest BCUT2D eigenvalue weighted by Gasteiger charge is 2.26. The second kappa shape index (κ2) is 6.84. The van der Waals surface area contributed by atoms with Crippen molar-refractivity contribution in [3.8, 4) is 0 Å². The van der Waals surface area contributed by atoms with Gasteiger partial charge in [-0.25, -0.2) is 0 Å². The summed E-state index contributed by atoms with van der Waals surface area (Å²) in [5.74, 6) is 3.02. The SMILES string of the molecule is C=C(N1CCC(C(C)C)CC1)N1CCN(C(C)C)CC1. The Morgan fingerprint density at radius 3 is 1.80 bits per heavy atom. The van der Waals surface area contributed by atoms with Crippen molar-refractivity contribution in [2.24, 2.45) is 11.8 Å². The summed E-state index contributed by atoms with van der Waals surface area (Å²) < 4.78 is 0. The quantitative estimate of drug-likeness (QED) is 0.783. The molecular weight excluding hydrogens is 246 g/mol. The summed E-state index contributed by atoms with van der Waals surface area (Å²) in [4.78, 5) is 7.58. The van der Waals surface area contributed by atoms with Crippen LogP contribution in [0.3, 0.4) is 0 Å². The molecule has 2 heterocycles. The molecule has 0 unspecified atom stereocenters. The van der Waals surface area contributed by atoms with Crippen LogP contribution in [0.1, 0.15) is 40.5 Å². The summed E-state index contributed by atoms with van der Waals surface area (Å²) in [6.45, 7) is 20.7. The van der Waals surface area contributed by atoms with Crippen LogP contribution in [0.15, 0.2) is 12.4 Å². The van der Waals surface area contributed by atoms with Crippen molar-refractivity contribution in [3.05, 3.63) is 12.4 Å². The Labute approximate surface area is 125 Å². The molecule has 0 aromatic heterocycles. The largest absolute Gasteiger partial charge is 0.359 e. The number of nitrogens with zero attached hydrogens (tertiary/aromatic N) is 3. The van der Waals surface area contributed by atoms with E-state index in [0.717, 1.165) is 24.9 Å². The van der Waals surface area contributed by atoms with Crippen LogP contribution in [0.5, 0.6) is 0 Å². The van der Waals surface area contributed by atoms with Crippen LogP contribution in [0, 0.1) is 11.8 Å². The van der Waals surface area contributed by atoms with Crippen molar-refractivity contribution in [2.75, 3.05) is 39.3 Å². The molecule has 0 aromatic rings. The van der Waals surface area contributed by atoms with E-state index in [2.05, 4.69) is 49.0 Å². The van der Waals surface area contributed by atoms with Gasteiger partial charge in [0.15, 0.2) is 0 Å².